The van der Waals surface area contributed by atoms with Crippen LogP contribution in [0.25, 0.3) is 11.3 Å². The van der Waals surface area contributed by atoms with E-state index in [1.54, 1.807) is 6.92 Å². The lowest BCUT2D eigenvalue weighted by molar-refractivity contribution is -0.117. The molecule has 1 aromatic heterocycles. The molecule has 6 heteroatoms. The summed E-state index contributed by atoms with van der Waals surface area (Å²) in [4.78, 5) is 16.0. The van der Waals surface area contributed by atoms with E-state index in [0.717, 1.165) is 11.3 Å². The summed E-state index contributed by atoms with van der Waals surface area (Å²) in [7, 11) is 0. The number of thiazole rings is 1. The second-order valence-corrected chi connectivity index (χ2v) is 7.00. The van der Waals surface area contributed by atoms with Crippen molar-refractivity contribution in [2.24, 2.45) is 5.73 Å². The Balaban J connectivity index is 0.00000242. The molecule has 0 fully saturated rings. The Hall–Kier alpha value is -1.43. The highest BCUT2D eigenvalue weighted by molar-refractivity contribution is 7.14. The summed E-state index contributed by atoms with van der Waals surface area (Å²) in [6, 6.07) is 7.83. The number of hydrogen-bond donors (Lipinski definition) is 2. The van der Waals surface area contributed by atoms with Crippen LogP contribution in [-0.2, 0) is 10.2 Å². The van der Waals surface area contributed by atoms with Crippen molar-refractivity contribution in [3.8, 4) is 11.3 Å². The van der Waals surface area contributed by atoms with Gasteiger partial charge in [-0.05, 0) is 17.9 Å². The largest absolute Gasteiger partial charge is 0.320 e. The summed E-state index contributed by atoms with van der Waals surface area (Å²) in [5.74, 6) is -0.223. The number of nitrogens with two attached hydrogens (primary N) is 1. The van der Waals surface area contributed by atoms with Crippen LogP contribution in [0.5, 0.6) is 0 Å². The number of carbonyl (C=O) groups excluding carboxylic acids is 1. The minimum atomic E-state index is -0.539. The summed E-state index contributed by atoms with van der Waals surface area (Å²) < 4.78 is 0. The van der Waals surface area contributed by atoms with Crippen LogP contribution in [-0.4, -0.2) is 16.9 Å². The summed E-state index contributed by atoms with van der Waals surface area (Å²) >= 11 is 1.40. The maximum atomic E-state index is 11.5. The number of rotatable bonds is 3. The van der Waals surface area contributed by atoms with Gasteiger partial charge in [-0.25, -0.2) is 4.98 Å². The molecule has 1 atom stereocenters. The first-order valence-electron chi connectivity index (χ1n) is 6.90. The minimum Gasteiger partial charge on any atom is -0.320 e. The van der Waals surface area contributed by atoms with Crippen LogP contribution in [0.1, 0.15) is 33.3 Å². The third-order valence-electron chi connectivity index (χ3n) is 3.19. The van der Waals surface area contributed by atoms with Gasteiger partial charge in [-0.1, -0.05) is 45.0 Å². The molecular formula is C16H22ClN3OS. The maximum Gasteiger partial charge on any atom is 0.242 e. The normalized spacial score (nSPS) is 12.4. The topological polar surface area (TPSA) is 68.0 Å². The smallest absolute Gasteiger partial charge is 0.242 e. The zero-order valence-corrected chi connectivity index (χ0v) is 14.8. The predicted octanol–water partition coefficient (Wildman–Crippen LogP) is 3.82. The van der Waals surface area contributed by atoms with Gasteiger partial charge in [0.25, 0.3) is 0 Å². The molecular weight excluding hydrogens is 318 g/mol. The molecule has 0 aliphatic heterocycles. The monoisotopic (exact) mass is 339 g/mol. The Morgan fingerprint density at radius 3 is 2.36 bits per heavy atom. The van der Waals surface area contributed by atoms with Gasteiger partial charge in [-0.15, -0.1) is 23.7 Å². The number of hydrogen-bond acceptors (Lipinski definition) is 4. The van der Waals surface area contributed by atoms with E-state index in [4.69, 9.17) is 5.73 Å². The van der Waals surface area contributed by atoms with Crippen LogP contribution in [0.2, 0.25) is 0 Å². The molecule has 1 amide bonds. The Bertz CT molecular complexity index is 630. The zero-order valence-electron chi connectivity index (χ0n) is 13.2. The van der Waals surface area contributed by atoms with Crippen LogP contribution in [0, 0.1) is 0 Å². The molecule has 0 bridgehead atoms. The summed E-state index contributed by atoms with van der Waals surface area (Å²) in [5.41, 5.74) is 8.85. The Kier molecular flexibility index (Phi) is 6.11. The quantitative estimate of drug-likeness (QED) is 0.893. The Labute approximate surface area is 141 Å². The fraction of sp³-hybridized carbons (Fsp3) is 0.375. The van der Waals surface area contributed by atoms with E-state index in [2.05, 4.69) is 55.3 Å². The predicted molar refractivity (Wildman–Crippen MR) is 95.8 cm³/mol. The number of carbonyl (C=O) groups is 1. The molecule has 0 saturated carbocycles. The van der Waals surface area contributed by atoms with Crippen molar-refractivity contribution >= 4 is 34.8 Å². The standard InChI is InChI=1S/C16H21N3OS.ClH/c1-10(17)14(20)19-15-18-13(9-21-15)11-5-7-12(8-6-11)16(2,3)4;/h5-10H,17H2,1-4H3,(H,18,19,20);1H. The van der Waals surface area contributed by atoms with Gasteiger partial charge in [0, 0.05) is 10.9 Å². The van der Waals surface area contributed by atoms with Crippen molar-refractivity contribution in [3.63, 3.8) is 0 Å². The van der Waals surface area contributed by atoms with E-state index in [0.29, 0.717) is 5.13 Å². The number of benzene rings is 1. The summed E-state index contributed by atoms with van der Waals surface area (Å²) in [6.45, 7) is 8.21. The highest BCUT2D eigenvalue weighted by Crippen LogP contribution is 2.28. The molecule has 0 spiro atoms. The number of anilines is 1. The first kappa shape index (κ1) is 18.6. The Morgan fingerprint density at radius 1 is 1.27 bits per heavy atom. The second kappa shape index (κ2) is 7.22. The van der Waals surface area contributed by atoms with Crippen molar-refractivity contribution in [3.05, 3.63) is 35.2 Å². The molecule has 3 N–H and O–H groups in total. The molecule has 120 valence electrons. The van der Waals surface area contributed by atoms with E-state index >= 15 is 0 Å². The van der Waals surface area contributed by atoms with E-state index in [1.807, 2.05) is 5.38 Å². The van der Waals surface area contributed by atoms with Gasteiger partial charge < -0.3 is 11.1 Å². The fourth-order valence-corrected chi connectivity index (χ4v) is 2.55. The highest BCUT2D eigenvalue weighted by Gasteiger charge is 2.14. The third-order valence-corrected chi connectivity index (χ3v) is 3.95. The minimum absolute atomic E-state index is 0. The summed E-state index contributed by atoms with van der Waals surface area (Å²) in [5, 5.41) is 5.22. The molecule has 1 heterocycles. The SMILES string of the molecule is CC(N)C(=O)Nc1nc(-c2ccc(C(C)(C)C)cc2)cs1.Cl. The van der Waals surface area contributed by atoms with Crippen molar-refractivity contribution < 1.29 is 4.79 Å². The van der Waals surface area contributed by atoms with Crippen molar-refractivity contribution in [2.45, 2.75) is 39.2 Å². The zero-order chi connectivity index (χ0) is 15.6. The van der Waals surface area contributed by atoms with Gasteiger partial charge >= 0.3 is 0 Å². The van der Waals surface area contributed by atoms with Crippen molar-refractivity contribution in [1.82, 2.24) is 4.98 Å². The number of halogens is 1. The lowest BCUT2D eigenvalue weighted by Gasteiger charge is -2.18. The first-order valence-corrected chi connectivity index (χ1v) is 7.78. The van der Waals surface area contributed by atoms with Crippen molar-refractivity contribution in [2.75, 3.05) is 5.32 Å². The molecule has 0 aliphatic rings. The highest BCUT2D eigenvalue weighted by atomic mass is 35.5. The average Bonchev–Trinajstić information content (AvgIpc) is 2.86. The number of nitrogens with zero attached hydrogens (tertiary/aromatic N) is 1. The molecule has 22 heavy (non-hydrogen) atoms. The molecule has 0 saturated heterocycles. The van der Waals surface area contributed by atoms with Gasteiger partial charge in [0.1, 0.15) is 0 Å². The van der Waals surface area contributed by atoms with Gasteiger partial charge in [0.15, 0.2) is 5.13 Å². The number of amides is 1. The van der Waals surface area contributed by atoms with Crippen LogP contribution >= 0.6 is 23.7 Å². The molecule has 4 nitrogen and oxygen atoms in total. The van der Waals surface area contributed by atoms with Gasteiger partial charge in [0.05, 0.1) is 11.7 Å². The van der Waals surface area contributed by atoms with E-state index in [1.165, 1.54) is 16.9 Å². The molecule has 2 aromatic rings. The lowest BCUT2D eigenvalue weighted by atomic mass is 9.86. The molecule has 2 rings (SSSR count). The van der Waals surface area contributed by atoms with E-state index < -0.39 is 6.04 Å². The van der Waals surface area contributed by atoms with Crippen LogP contribution in [0.15, 0.2) is 29.6 Å². The molecule has 0 aliphatic carbocycles. The lowest BCUT2D eigenvalue weighted by Crippen LogP contribution is -2.32. The first-order chi connectivity index (χ1) is 9.77. The Morgan fingerprint density at radius 2 is 1.86 bits per heavy atom. The van der Waals surface area contributed by atoms with Crippen LogP contribution in [0.3, 0.4) is 0 Å². The second-order valence-electron chi connectivity index (χ2n) is 6.14. The maximum absolute atomic E-state index is 11.5. The van der Waals surface area contributed by atoms with E-state index in [9.17, 15) is 4.79 Å². The van der Waals surface area contributed by atoms with Crippen LogP contribution < -0.4 is 11.1 Å². The van der Waals surface area contributed by atoms with E-state index in [-0.39, 0.29) is 23.7 Å². The van der Waals surface area contributed by atoms with Crippen LogP contribution in [0.4, 0.5) is 5.13 Å². The average molecular weight is 340 g/mol. The molecule has 0 radical (unpaired) electrons. The van der Waals surface area contributed by atoms with Gasteiger partial charge in [-0.3, -0.25) is 4.79 Å². The molecule has 1 aromatic carbocycles. The third kappa shape index (κ3) is 4.53. The van der Waals surface area contributed by atoms with Gasteiger partial charge in [-0.2, -0.15) is 0 Å². The number of aromatic nitrogens is 1. The van der Waals surface area contributed by atoms with Gasteiger partial charge in [0.2, 0.25) is 5.91 Å². The fourth-order valence-electron chi connectivity index (χ4n) is 1.82. The summed E-state index contributed by atoms with van der Waals surface area (Å²) in [6.07, 6.45) is 0. The molecule has 1 unspecified atom stereocenters. The number of nitrogens with one attached hydrogen (secondary N) is 1. The van der Waals surface area contributed by atoms with Crippen molar-refractivity contribution in [1.29, 1.82) is 0 Å².